The summed E-state index contributed by atoms with van der Waals surface area (Å²) in [4.78, 5) is 15.4. The highest BCUT2D eigenvalue weighted by molar-refractivity contribution is 5.25. The number of aliphatic hydroxyl groups is 1. The van der Waals surface area contributed by atoms with Crippen LogP contribution in [0.25, 0.3) is 0 Å². The highest BCUT2D eigenvalue weighted by Crippen LogP contribution is 2.39. The van der Waals surface area contributed by atoms with E-state index in [-0.39, 0.29) is 12.4 Å². The van der Waals surface area contributed by atoms with Gasteiger partial charge in [-0.15, -0.1) is 6.58 Å². The van der Waals surface area contributed by atoms with Crippen molar-refractivity contribution < 1.29 is 9.84 Å². The van der Waals surface area contributed by atoms with Crippen LogP contribution in [-0.2, 0) is 4.74 Å². The number of hydrogen-bond acceptors (Lipinski definition) is 5. The first-order valence-corrected chi connectivity index (χ1v) is 5.46. The summed E-state index contributed by atoms with van der Waals surface area (Å²) in [7, 11) is 0. The van der Waals surface area contributed by atoms with E-state index < -0.39 is 17.5 Å². The average molecular weight is 249 g/mol. The molecule has 2 atom stereocenters. The number of ether oxygens (including phenoxy) is 1. The Hall–Kier alpha value is -1.92. The number of nitrogens with two attached hydrogens (primary N) is 1. The topological polar surface area (TPSA) is 90.4 Å². The summed E-state index contributed by atoms with van der Waals surface area (Å²) in [6.45, 7) is 7.28. The van der Waals surface area contributed by atoms with Gasteiger partial charge in [-0.3, -0.25) is 4.57 Å². The Morgan fingerprint density at radius 2 is 2.50 bits per heavy atom. The van der Waals surface area contributed by atoms with Crippen molar-refractivity contribution in [2.75, 3.05) is 12.3 Å². The molecule has 3 N–H and O–H groups in total. The zero-order chi connectivity index (χ0) is 13.3. The van der Waals surface area contributed by atoms with Gasteiger partial charge >= 0.3 is 5.69 Å². The second-order valence-corrected chi connectivity index (χ2v) is 4.27. The van der Waals surface area contributed by atoms with Crippen molar-refractivity contribution in [2.24, 2.45) is 0 Å². The molecule has 6 nitrogen and oxygen atoms in total. The molecule has 1 aromatic rings. The molecule has 0 bridgehead atoms. The summed E-state index contributed by atoms with van der Waals surface area (Å²) in [6, 6.07) is 1.50. The van der Waals surface area contributed by atoms with Crippen molar-refractivity contribution >= 4 is 5.82 Å². The highest BCUT2D eigenvalue weighted by Gasteiger charge is 2.41. The Morgan fingerprint density at radius 3 is 3.00 bits per heavy atom. The molecule has 96 valence electrons. The fourth-order valence-electron chi connectivity index (χ4n) is 1.95. The van der Waals surface area contributed by atoms with E-state index in [1.807, 2.05) is 0 Å². The maximum Gasteiger partial charge on any atom is 0.351 e. The van der Waals surface area contributed by atoms with E-state index in [4.69, 9.17) is 10.5 Å². The average Bonchev–Trinajstić information content (AvgIpc) is 2.67. The van der Waals surface area contributed by atoms with Crippen LogP contribution in [0.3, 0.4) is 0 Å². The molecule has 0 saturated carbocycles. The Bertz CT molecular complexity index is 552. The lowest BCUT2D eigenvalue weighted by molar-refractivity contribution is -0.0654. The SMILES string of the molecule is C=C[C@@]1(CO)CC(=C)C(n2ccc(N)nc2=O)O1. The molecule has 6 heteroatoms. The van der Waals surface area contributed by atoms with E-state index in [1.54, 1.807) is 0 Å². The fourth-order valence-corrected chi connectivity index (χ4v) is 1.95. The molecule has 2 rings (SSSR count). The second kappa shape index (κ2) is 4.40. The molecule has 1 aromatic heterocycles. The molecule has 1 unspecified atom stereocenters. The number of aliphatic hydroxyl groups excluding tert-OH is 1. The summed E-state index contributed by atoms with van der Waals surface area (Å²) < 4.78 is 6.97. The number of aromatic nitrogens is 2. The van der Waals surface area contributed by atoms with Crippen molar-refractivity contribution in [1.29, 1.82) is 0 Å². The quantitative estimate of drug-likeness (QED) is 0.748. The smallest absolute Gasteiger partial charge is 0.351 e. The minimum Gasteiger partial charge on any atom is -0.393 e. The molecular weight excluding hydrogens is 234 g/mol. The summed E-state index contributed by atoms with van der Waals surface area (Å²) in [5, 5.41) is 9.35. The van der Waals surface area contributed by atoms with Crippen molar-refractivity contribution in [3.63, 3.8) is 0 Å². The van der Waals surface area contributed by atoms with Gasteiger partial charge < -0.3 is 15.6 Å². The molecule has 2 heterocycles. The molecule has 1 fully saturated rings. The third kappa shape index (κ3) is 1.96. The van der Waals surface area contributed by atoms with Gasteiger partial charge in [-0.1, -0.05) is 12.7 Å². The highest BCUT2D eigenvalue weighted by atomic mass is 16.5. The molecule has 0 spiro atoms. The van der Waals surface area contributed by atoms with Gasteiger partial charge in [0.15, 0.2) is 6.23 Å². The minimum atomic E-state index is -0.886. The first-order chi connectivity index (χ1) is 8.51. The van der Waals surface area contributed by atoms with E-state index >= 15 is 0 Å². The molecule has 18 heavy (non-hydrogen) atoms. The number of rotatable bonds is 3. The van der Waals surface area contributed by atoms with Gasteiger partial charge in [0.25, 0.3) is 0 Å². The predicted octanol–water partition coefficient (Wildman–Crippen LogP) is 0.218. The summed E-state index contributed by atoms with van der Waals surface area (Å²) >= 11 is 0. The maximum atomic E-state index is 11.7. The largest absolute Gasteiger partial charge is 0.393 e. The second-order valence-electron chi connectivity index (χ2n) is 4.27. The molecular formula is C12H15N3O3. The van der Waals surface area contributed by atoms with Crippen LogP contribution >= 0.6 is 0 Å². The van der Waals surface area contributed by atoms with Gasteiger partial charge in [0.05, 0.1) is 6.61 Å². The Labute approximate surface area is 104 Å². The fraction of sp³-hybridized carbons (Fsp3) is 0.333. The Morgan fingerprint density at radius 1 is 1.78 bits per heavy atom. The van der Waals surface area contributed by atoms with Crippen LogP contribution in [0, 0.1) is 0 Å². The standard InChI is InChI=1S/C12H15N3O3/c1-3-12(7-16)6-8(2)10(18-12)15-5-4-9(13)14-11(15)17/h3-5,10,16H,1-2,6-7H2,(H2,13,14,17)/t10?,12-/m0/s1. The third-order valence-electron chi connectivity index (χ3n) is 2.97. The lowest BCUT2D eigenvalue weighted by Gasteiger charge is -2.23. The Balaban J connectivity index is 2.38. The van der Waals surface area contributed by atoms with Crippen LogP contribution < -0.4 is 11.4 Å². The molecule has 0 aromatic carbocycles. The van der Waals surface area contributed by atoms with Gasteiger partial charge in [-0.25, -0.2) is 4.79 Å². The van der Waals surface area contributed by atoms with Crippen molar-refractivity contribution in [3.8, 4) is 0 Å². The third-order valence-corrected chi connectivity index (χ3v) is 2.97. The zero-order valence-electron chi connectivity index (χ0n) is 9.87. The van der Waals surface area contributed by atoms with E-state index in [0.29, 0.717) is 12.0 Å². The van der Waals surface area contributed by atoms with Gasteiger partial charge in [0.2, 0.25) is 0 Å². The summed E-state index contributed by atoms with van der Waals surface area (Å²) in [6.07, 6.45) is 2.77. The van der Waals surface area contributed by atoms with E-state index in [2.05, 4.69) is 18.1 Å². The molecule has 0 radical (unpaired) electrons. The number of hydrogen-bond donors (Lipinski definition) is 2. The van der Waals surface area contributed by atoms with Crippen LogP contribution in [0.15, 0.2) is 41.9 Å². The van der Waals surface area contributed by atoms with Crippen LogP contribution in [0.2, 0.25) is 0 Å². The van der Waals surface area contributed by atoms with Crippen LogP contribution in [0.1, 0.15) is 12.6 Å². The van der Waals surface area contributed by atoms with Crippen LogP contribution in [0.4, 0.5) is 5.82 Å². The zero-order valence-corrected chi connectivity index (χ0v) is 9.87. The number of nitrogens with zero attached hydrogens (tertiary/aromatic N) is 2. The van der Waals surface area contributed by atoms with Gasteiger partial charge in [0, 0.05) is 12.6 Å². The van der Waals surface area contributed by atoms with E-state index in [0.717, 1.165) is 0 Å². The normalized spacial score (nSPS) is 27.4. The summed E-state index contributed by atoms with van der Waals surface area (Å²) in [5.74, 6) is 0.150. The van der Waals surface area contributed by atoms with Crippen molar-refractivity contribution in [2.45, 2.75) is 18.2 Å². The van der Waals surface area contributed by atoms with E-state index in [1.165, 1.54) is 22.9 Å². The maximum absolute atomic E-state index is 11.7. The molecule has 0 amide bonds. The van der Waals surface area contributed by atoms with Crippen molar-refractivity contribution in [1.82, 2.24) is 9.55 Å². The Kier molecular flexibility index (Phi) is 3.06. The van der Waals surface area contributed by atoms with Crippen LogP contribution in [-0.4, -0.2) is 26.9 Å². The monoisotopic (exact) mass is 249 g/mol. The van der Waals surface area contributed by atoms with Crippen LogP contribution in [0.5, 0.6) is 0 Å². The first-order valence-electron chi connectivity index (χ1n) is 5.46. The van der Waals surface area contributed by atoms with E-state index in [9.17, 15) is 9.90 Å². The molecule has 1 aliphatic heterocycles. The molecule has 0 aliphatic carbocycles. The number of anilines is 1. The summed E-state index contributed by atoms with van der Waals surface area (Å²) in [5.41, 5.74) is 4.70. The first kappa shape index (κ1) is 12.5. The predicted molar refractivity (Wildman–Crippen MR) is 66.8 cm³/mol. The van der Waals surface area contributed by atoms with Crippen molar-refractivity contribution in [3.05, 3.63) is 47.6 Å². The molecule has 1 aliphatic rings. The van der Waals surface area contributed by atoms with Gasteiger partial charge in [-0.05, 0) is 11.6 Å². The number of nitrogen functional groups attached to an aromatic ring is 1. The lowest BCUT2D eigenvalue weighted by Crippen LogP contribution is -2.33. The van der Waals surface area contributed by atoms with Gasteiger partial charge in [0.1, 0.15) is 11.4 Å². The minimum absolute atomic E-state index is 0.150. The van der Waals surface area contributed by atoms with Gasteiger partial charge in [-0.2, -0.15) is 4.98 Å². The molecule has 1 saturated heterocycles. The lowest BCUT2D eigenvalue weighted by atomic mass is 9.99.